The van der Waals surface area contributed by atoms with E-state index in [0.717, 1.165) is 6.07 Å². The quantitative estimate of drug-likeness (QED) is 0.629. The Morgan fingerprint density at radius 1 is 1.25 bits per heavy atom. The van der Waals surface area contributed by atoms with Gasteiger partial charge < -0.3 is 13.7 Å². The van der Waals surface area contributed by atoms with Crippen LogP contribution in [0.2, 0.25) is 5.02 Å². The van der Waals surface area contributed by atoms with Crippen LogP contribution in [0.3, 0.4) is 0 Å². The molecule has 0 radical (unpaired) electrons. The van der Waals surface area contributed by atoms with Crippen LogP contribution in [0.4, 0.5) is 13.2 Å². The predicted molar refractivity (Wildman–Crippen MR) is 61.7 cm³/mol. The van der Waals surface area contributed by atoms with Crippen molar-refractivity contribution in [2.75, 3.05) is 13.2 Å². The van der Waals surface area contributed by atoms with Gasteiger partial charge in [0.1, 0.15) is 0 Å². The molecule has 1 saturated heterocycles. The van der Waals surface area contributed by atoms with Crippen LogP contribution in [-0.4, -0.2) is 27.1 Å². The van der Waals surface area contributed by atoms with E-state index in [2.05, 4.69) is 4.18 Å². The number of benzene rings is 1. The van der Waals surface area contributed by atoms with Crippen LogP contribution in [0.15, 0.2) is 18.2 Å². The lowest BCUT2D eigenvalue weighted by Crippen LogP contribution is -2.28. The molecule has 0 saturated carbocycles. The average molecular weight is 333 g/mol. The molecule has 0 aliphatic carbocycles. The van der Waals surface area contributed by atoms with Gasteiger partial charge in [-0.2, -0.15) is 21.6 Å². The van der Waals surface area contributed by atoms with E-state index in [-0.39, 0.29) is 5.02 Å². The van der Waals surface area contributed by atoms with Crippen LogP contribution in [-0.2, 0) is 19.6 Å². The minimum absolute atomic E-state index is 0.297. The summed E-state index contributed by atoms with van der Waals surface area (Å²) >= 11 is 5.70. The molecule has 0 atom stereocenters. The third-order valence-corrected chi connectivity index (χ3v) is 3.59. The largest absolute Gasteiger partial charge is 0.534 e. The molecule has 20 heavy (non-hydrogen) atoms. The summed E-state index contributed by atoms with van der Waals surface area (Å²) in [6.45, 7) is 0.756. The molecular weight excluding hydrogens is 325 g/mol. The maximum Gasteiger partial charge on any atom is 0.534 e. The summed E-state index contributed by atoms with van der Waals surface area (Å²) in [5.74, 6) is -0.620. The molecule has 1 heterocycles. The lowest BCUT2D eigenvalue weighted by Gasteiger charge is -2.13. The van der Waals surface area contributed by atoms with Gasteiger partial charge in [-0.1, -0.05) is 17.7 Å². The van der Waals surface area contributed by atoms with Gasteiger partial charge in [-0.05, 0) is 12.1 Å². The molecule has 0 aromatic heterocycles. The second kappa shape index (κ2) is 5.40. The van der Waals surface area contributed by atoms with Crippen LogP contribution in [0, 0.1) is 0 Å². The normalized spacial score (nSPS) is 17.4. The van der Waals surface area contributed by atoms with Crippen molar-refractivity contribution in [1.29, 1.82) is 0 Å². The van der Waals surface area contributed by atoms with E-state index in [1.54, 1.807) is 0 Å². The third-order valence-electron chi connectivity index (χ3n) is 2.33. The predicted octanol–water partition coefficient (Wildman–Crippen LogP) is 2.61. The molecule has 0 bridgehead atoms. The van der Waals surface area contributed by atoms with Gasteiger partial charge in [0.25, 0.3) is 0 Å². The molecule has 10 heteroatoms. The molecule has 0 unspecified atom stereocenters. The van der Waals surface area contributed by atoms with E-state index in [0.29, 0.717) is 18.8 Å². The lowest BCUT2D eigenvalue weighted by atomic mass is 10.2. The van der Waals surface area contributed by atoms with Crippen molar-refractivity contribution in [3.05, 3.63) is 28.8 Å². The summed E-state index contributed by atoms with van der Waals surface area (Å²) in [4.78, 5) is 0. The first-order valence-electron chi connectivity index (χ1n) is 5.24. The topological polar surface area (TPSA) is 61.8 Å². The third kappa shape index (κ3) is 3.17. The molecular formula is C10H8ClF3O5S. The van der Waals surface area contributed by atoms with Crippen molar-refractivity contribution in [2.45, 2.75) is 11.8 Å². The number of alkyl halides is 3. The van der Waals surface area contributed by atoms with Gasteiger partial charge in [-0.25, -0.2) is 0 Å². The van der Waals surface area contributed by atoms with Gasteiger partial charge >= 0.3 is 15.6 Å². The molecule has 2 rings (SSSR count). The summed E-state index contributed by atoms with van der Waals surface area (Å²) in [5, 5.41) is -0.297. The minimum Gasteiger partial charge on any atom is -0.374 e. The fraction of sp³-hybridized carbons (Fsp3) is 0.400. The Bertz CT molecular complexity index is 595. The molecule has 1 fully saturated rings. The maximum atomic E-state index is 12.2. The van der Waals surface area contributed by atoms with Crippen molar-refractivity contribution in [2.24, 2.45) is 0 Å². The highest BCUT2D eigenvalue weighted by Crippen LogP contribution is 2.34. The fourth-order valence-electron chi connectivity index (χ4n) is 1.45. The zero-order valence-electron chi connectivity index (χ0n) is 9.68. The van der Waals surface area contributed by atoms with Crippen molar-refractivity contribution >= 4 is 21.7 Å². The monoisotopic (exact) mass is 332 g/mol. The Kier molecular flexibility index (Phi) is 4.14. The van der Waals surface area contributed by atoms with Crippen LogP contribution in [0.5, 0.6) is 5.75 Å². The number of rotatable bonds is 3. The number of hydrogen-bond donors (Lipinski definition) is 0. The van der Waals surface area contributed by atoms with Crippen molar-refractivity contribution in [3.8, 4) is 5.75 Å². The van der Waals surface area contributed by atoms with Crippen LogP contribution >= 0.6 is 11.6 Å². The summed E-state index contributed by atoms with van der Waals surface area (Å²) in [6, 6.07) is 3.54. The number of ether oxygens (including phenoxy) is 2. The van der Waals surface area contributed by atoms with Gasteiger partial charge in [-0.15, -0.1) is 0 Å². The standard InChI is InChI=1S/C10H8ClF3O5S/c11-7-5-6(9-17-3-4-18-9)1-2-8(7)19-20(15,16)10(12,13)14/h1-2,5,9H,3-4H2. The first-order valence-corrected chi connectivity index (χ1v) is 7.03. The molecule has 1 aromatic rings. The summed E-state index contributed by atoms with van der Waals surface area (Å²) in [7, 11) is -5.75. The fourth-order valence-corrected chi connectivity index (χ4v) is 2.20. The molecule has 0 N–H and O–H groups in total. The Morgan fingerprint density at radius 2 is 1.85 bits per heavy atom. The number of hydrogen-bond acceptors (Lipinski definition) is 5. The van der Waals surface area contributed by atoms with E-state index < -0.39 is 27.7 Å². The maximum absolute atomic E-state index is 12.2. The van der Waals surface area contributed by atoms with Crippen molar-refractivity contribution in [1.82, 2.24) is 0 Å². The highest BCUT2D eigenvalue weighted by Gasteiger charge is 2.48. The summed E-state index contributed by atoms with van der Waals surface area (Å²) < 4.78 is 72.5. The zero-order valence-corrected chi connectivity index (χ0v) is 11.3. The molecule has 0 amide bonds. The molecule has 1 aliphatic rings. The Morgan fingerprint density at radius 3 is 2.35 bits per heavy atom. The van der Waals surface area contributed by atoms with Gasteiger partial charge in [-0.3, -0.25) is 0 Å². The smallest absolute Gasteiger partial charge is 0.374 e. The molecule has 1 aliphatic heterocycles. The van der Waals surface area contributed by atoms with Gasteiger partial charge in [0, 0.05) is 5.56 Å². The molecule has 5 nitrogen and oxygen atoms in total. The second-order valence-electron chi connectivity index (χ2n) is 3.75. The second-order valence-corrected chi connectivity index (χ2v) is 5.69. The van der Waals surface area contributed by atoms with Crippen molar-refractivity contribution in [3.63, 3.8) is 0 Å². The molecule has 0 spiro atoms. The Labute approximate surface area is 117 Å². The molecule has 112 valence electrons. The van der Waals surface area contributed by atoms with Gasteiger partial charge in [0.15, 0.2) is 12.0 Å². The molecule has 1 aromatic carbocycles. The van der Waals surface area contributed by atoms with Crippen molar-refractivity contribution < 1.29 is 35.2 Å². The zero-order chi connectivity index (χ0) is 15.0. The summed E-state index contributed by atoms with van der Waals surface area (Å²) in [6.07, 6.45) is -0.680. The number of halogens is 4. The van der Waals surface area contributed by atoms with E-state index in [1.165, 1.54) is 12.1 Å². The van der Waals surface area contributed by atoms with Crippen LogP contribution in [0.1, 0.15) is 11.9 Å². The average Bonchev–Trinajstić information content (AvgIpc) is 2.83. The SMILES string of the molecule is O=S(=O)(Oc1ccc(C2OCCO2)cc1Cl)C(F)(F)F. The van der Waals surface area contributed by atoms with E-state index >= 15 is 0 Å². The Hall–Kier alpha value is -1.03. The van der Waals surface area contributed by atoms with Crippen LogP contribution < -0.4 is 4.18 Å². The van der Waals surface area contributed by atoms with Gasteiger partial charge in [0.2, 0.25) is 0 Å². The van der Waals surface area contributed by atoms with E-state index in [9.17, 15) is 21.6 Å². The van der Waals surface area contributed by atoms with E-state index in [1.807, 2.05) is 0 Å². The summed E-state index contributed by atoms with van der Waals surface area (Å²) in [5.41, 5.74) is -5.07. The first kappa shape index (κ1) is 15.4. The highest BCUT2D eigenvalue weighted by atomic mass is 35.5. The minimum atomic E-state index is -5.75. The Balaban J connectivity index is 2.22. The first-order chi connectivity index (χ1) is 9.21. The highest BCUT2D eigenvalue weighted by molar-refractivity contribution is 7.88. The van der Waals surface area contributed by atoms with E-state index in [4.69, 9.17) is 21.1 Å². The van der Waals surface area contributed by atoms with Crippen LogP contribution in [0.25, 0.3) is 0 Å². The lowest BCUT2D eigenvalue weighted by molar-refractivity contribution is -0.0501. The van der Waals surface area contributed by atoms with Gasteiger partial charge in [0.05, 0.1) is 18.2 Å².